The molecule has 0 spiro atoms. The predicted octanol–water partition coefficient (Wildman–Crippen LogP) is 30.2. The lowest BCUT2D eigenvalue weighted by atomic mass is 9.81. The number of nitrogens with zero attached hydrogens (tertiary/aromatic N) is 2. The van der Waals surface area contributed by atoms with Crippen LogP contribution in [0.4, 0.5) is 34.1 Å². The number of para-hydroxylation sites is 2. The molecule has 0 heterocycles. The Labute approximate surface area is 642 Å². The van der Waals surface area contributed by atoms with E-state index in [-0.39, 0.29) is 10.8 Å². The molecule has 0 unspecified atom stereocenters. The number of benzene rings is 19. The number of hydrogen-bond donors (Lipinski definition) is 0. The molecule has 0 aliphatic heterocycles. The molecule has 110 heavy (non-hydrogen) atoms. The molecule has 19 aromatic carbocycles. The zero-order valence-corrected chi connectivity index (χ0v) is 61.8. The quantitative estimate of drug-likeness (QED) is 0.113. The van der Waals surface area contributed by atoms with Crippen LogP contribution in [0.3, 0.4) is 0 Å². The van der Waals surface area contributed by atoms with Gasteiger partial charge in [-0.3, -0.25) is 0 Å². The monoisotopic (exact) mass is 1400 g/mol. The van der Waals surface area contributed by atoms with Crippen molar-refractivity contribution in [2.24, 2.45) is 0 Å². The van der Waals surface area contributed by atoms with E-state index in [1.807, 2.05) is 0 Å². The first-order chi connectivity index (χ1) is 54.1. The fourth-order valence-electron chi connectivity index (χ4n) is 18.7. The summed E-state index contributed by atoms with van der Waals surface area (Å²) in [6.07, 6.45) is 0. The first kappa shape index (κ1) is 64.7. The van der Waals surface area contributed by atoms with Crippen molar-refractivity contribution in [3.8, 4) is 89.0 Å². The molecule has 0 bridgehead atoms. The van der Waals surface area contributed by atoms with Gasteiger partial charge in [0.25, 0.3) is 0 Å². The highest BCUT2D eigenvalue weighted by Gasteiger charge is 2.38. The fourth-order valence-corrected chi connectivity index (χ4v) is 18.7. The Balaban J connectivity index is 0.644. The minimum Gasteiger partial charge on any atom is -0.310 e. The number of anilines is 6. The summed E-state index contributed by atoms with van der Waals surface area (Å²) in [5.74, 6) is 0. The Hall–Kier alpha value is -13.7. The molecule has 0 atom stereocenters. The van der Waals surface area contributed by atoms with Crippen LogP contribution < -0.4 is 9.80 Å². The van der Waals surface area contributed by atoms with Gasteiger partial charge in [0, 0.05) is 44.7 Å². The minimum atomic E-state index is -0.288. The Morgan fingerprint density at radius 3 is 1.10 bits per heavy atom. The molecule has 19 aromatic rings. The van der Waals surface area contributed by atoms with E-state index < -0.39 is 0 Å². The Morgan fingerprint density at radius 2 is 0.509 bits per heavy atom. The van der Waals surface area contributed by atoms with Crippen molar-refractivity contribution in [3.63, 3.8) is 0 Å². The van der Waals surface area contributed by atoms with Crippen molar-refractivity contribution < 1.29 is 0 Å². The van der Waals surface area contributed by atoms with Gasteiger partial charge in [0.05, 0.1) is 11.4 Å². The normalized spacial score (nSPS) is 13.1. The van der Waals surface area contributed by atoms with Gasteiger partial charge in [-0.1, -0.05) is 325 Å². The molecule has 0 saturated carbocycles. The molecule has 0 aromatic heterocycles. The molecule has 21 rings (SSSR count). The third-order valence-electron chi connectivity index (χ3n) is 24.2. The van der Waals surface area contributed by atoms with Gasteiger partial charge in [-0.25, -0.2) is 0 Å². The van der Waals surface area contributed by atoms with Crippen molar-refractivity contribution >= 4 is 98.8 Å². The summed E-state index contributed by atoms with van der Waals surface area (Å²) in [7, 11) is 0. The zero-order valence-electron chi connectivity index (χ0n) is 61.8. The molecule has 2 nitrogen and oxygen atoms in total. The van der Waals surface area contributed by atoms with E-state index in [1.165, 1.54) is 170 Å². The van der Waals surface area contributed by atoms with Crippen molar-refractivity contribution in [1.29, 1.82) is 0 Å². The fraction of sp³-hybridized carbons (Fsp3) is 0.0556. The van der Waals surface area contributed by atoms with Gasteiger partial charge >= 0.3 is 0 Å². The van der Waals surface area contributed by atoms with Gasteiger partial charge in [0.15, 0.2) is 0 Å². The topological polar surface area (TPSA) is 6.48 Å². The van der Waals surface area contributed by atoms with Gasteiger partial charge < -0.3 is 9.80 Å². The smallest absolute Gasteiger partial charge is 0.0540 e. The summed E-state index contributed by atoms with van der Waals surface area (Å²) in [4.78, 5) is 4.95. The van der Waals surface area contributed by atoms with E-state index in [4.69, 9.17) is 0 Å². The molecule has 518 valence electrons. The van der Waals surface area contributed by atoms with Crippen LogP contribution in [0.5, 0.6) is 0 Å². The third kappa shape index (κ3) is 10.5. The maximum Gasteiger partial charge on any atom is 0.0540 e. The summed E-state index contributed by atoms with van der Waals surface area (Å²) in [6.45, 7) is 9.53. The van der Waals surface area contributed by atoms with Gasteiger partial charge in [-0.15, -0.1) is 0 Å². The number of rotatable bonds is 12. The van der Waals surface area contributed by atoms with Gasteiger partial charge in [-0.2, -0.15) is 0 Å². The first-order valence-corrected chi connectivity index (χ1v) is 38.5. The molecule has 0 amide bonds. The van der Waals surface area contributed by atoms with E-state index in [0.717, 1.165) is 39.7 Å². The largest absolute Gasteiger partial charge is 0.310 e. The molecule has 2 aliphatic carbocycles. The van der Waals surface area contributed by atoms with E-state index in [9.17, 15) is 0 Å². The minimum absolute atomic E-state index is 0.0946. The molecule has 0 radical (unpaired) electrons. The van der Waals surface area contributed by atoms with Crippen molar-refractivity contribution in [3.05, 3.63) is 411 Å². The van der Waals surface area contributed by atoms with Crippen LogP contribution in [0.2, 0.25) is 0 Å². The van der Waals surface area contributed by atoms with Gasteiger partial charge in [0.2, 0.25) is 0 Å². The predicted molar refractivity (Wildman–Crippen MR) is 469 cm³/mol. The average molecular weight is 1400 g/mol. The van der Waals surface area contributed by atoms with Crippen LogP contribution in [0, 0.1) is 0 Å². The summed E-state index contributed by atoms with van der Waals surface area (Å²) < 4.78 is 0. The van der Waals surface area contributed by atoms with Crippen LogP contribution >= 0.6 is 0 Å². The molecule has 0 saturated heterocycles. The van der Waals surface area contributed by atoms with Crippen LogP contribution in [0.1, 0.15) is 49.9 Å². The number of fused-ring (bicyclic) bond motifs is 14. The van der Waals surface area contributed by atoms with E-state index in [2.05, 4.69) is 426 Å². The molecule has 0 N–H and O–H groups in total. The van der Waals surface area contributed by atoms with Crippen molar-refractivity contribution in [2.45, 2.75) is 38.5 Å². The van der Waals surface area contributed by atoms with Crippen LogP contribution in [0.15, 0.2) is 388 Å². The SMILES string of the molecule is CC1(C)c2ccccc2-c2ccc(-c3ccc(N(c4ccc(-c5cc6ccccc6c6ccccc56)cc4)c4ccccc4-c4cccc5cc(-c6ccc7c(c6)-c6ccc(N(c8ccc(-c9cc%10ccccc%10c%10ccccc9%10)cc8)c8ccccc8-c8cccc9ccccc89)cc6C7(C)C)ccc45)cc3)cc21. The van der Waals surface area contributed by atoms with Crippen LogP contribution in [0.25, 0.3) is 154 Å². The van der Waals surface area contributed by atoms with Crippen LogP contribution in [-0.2, 0) is 10.8 Å². The second-order valence-electron chi connectivity index (χ2n) is 31.0. The number of hydrogen-bond acceptors (Lipinski definition) is 2. The summed E-state index contributed by atoms with van der Waals surface area (Å²) in [6, 6.07) is 145. The second kappa shape index (κ2) is 25.5. The Kier molecular flexibility index (Phi) is 15.0. The van der Waals surface area contributed by atoms with Crippen molar-refractivity contribution in [2.75, 3.05) is 9.80 Å². The molecule has 0 fully saturated rings. The van der Waals surface area contributed by atoms with E-state index in [0.29, 0.717) is 0 Å². The lowest BCUT2D eigenvalue weighted by molar-refractivity contribution is 0.660. The maximum absolute atomic E-state index is 2.49. The molecule has 2 heteroatoms. The van der Waals surface area contributed by atoms with E-state index in [1.54, 1.807) is 0 Å². The lowest BCUT2D eigenvalue weighted by Gasteiger charge is -2.30. The highest BCUT2D eigenvalue weighted by molar-refractivity contribution is 6.16. The Bertz CT molecular complexity index is 6950. The van der Waals surface area contributed by atoms with E-state index >= 15 is 0 Å². The van der Waals surface area contributed by atoms with Gasteiger partial charge in [-0.05, 0) is 256 Å². The Morgan fingerprint density at radius 1 is 0.164 bits per heavy atom. The highest BCUT2D eigenvalue weighted by Crippen LogP contribution is 2.55. The molecular weight excluding hydrogens is 1330 g/mol. The standard InChI is InChI=1S/C108H76N2/c1-107(2)101-40-18-15-35-93(101)94-60-50-75(67-103(94)107)69-43-52-79(53-44-69)109(80-54-45-71(46-55-80)98-65-77-24-6-9-29-84(77)87-31-11-13-33-91(87)98)105-41-19-16-37-97(105)90-39-22-27-76-63-73(49-59-86(76)90)74-51-62-102-100(64-74)95-61-58-82(68-104(95)108(102,3)4)110(106-42-20-17-36-96(106)89-38-21-26-70-23-5-8-28-83(70)89)81-56-47-72(48-57-81)99-66-78-25-7-10-30-85(78)88-32-12-14-34-92(88)99/h5-68H,1-4H3. The summed E-state index contributed by atoms with van der Waals surface area (Å²) in [5, 5.41) is 14.9. The highest BCUT2D eigenvalue weighted by atomic mass is 15.2. The van der Waals surface area contributed by atoms with Gasteiger partial charge in [0.1, 0.15) is 0 Å². The lowest BCUT2D eigenvalue weighted by Crippen LogP contribution is -2.17. The maximum atomic E-state index is 2.49. The third-order valence-corrected chi connectivity index (χ3v) is 24.2. The second-order valence-corrected chi connectivity index (χ2v) is 31.0. The van der Waals surface area contributed by atoms with Crippen LogP contribution in [-0.4, -0.2) is 0 Å². The zero-order chi connectivity index (χ0) is 73.3. The van der Waals surface area contributed by atoms with Crippen molar-refractivity contribution in [1.82, 2.24) is 0 Å². The molecule has 2 aliphatic rings. The summed E-state index contributed by atoms with van der Waals surface area (Å²) in [5.41, 5.74) is 31.1. The average Bonchev–Trinajstić information content (AvgIpc) is 1.55. The molecular formula is C108H76N2. The summed E-state index contributed by atoms with van der Waals surface area (Å²) >= 11 is 0. The first-order valence-electron chi connectivity index (χ1n) is 38.5.